The molecular weight excluding hydrogens is 414 g/mol. The van der Waals surface area contributed by atoms with Gasteiger partial charge < -0.3 is 15.4 Å². The van der Waals surface area contributed by atoms with Crippen LogP contribution in [-0.2, 0) is 17.9 Å². The highest BCUT2D eigenvalue weighted by molar-refractivity contribution is 7.17. The molecule has 158 valence electrons. The van der Waals surface area contributed by atoms with E-state index in [1.165, 1.54) is 16.2 Å². The Labute approximate surface area is 183 Å². The predicted octanol–water partition coefficient (Wildman–Crippen LogP) is 3.41. The zero-order chi connectivity index (χ0) is 21.8. The quantitative estimate of drug-likeness (QED) is 0.557. The SMILES string of the molecule is COc1cc(-c2ccccc2)sc1C(=O)NCc1ccc(CN2C(=O)CNC2=O)cc1. The third-order valence-corrected chi connectivity index (χ3v) is 6.10. The van der Waals surface area contributed by atoms with Gasteiger partial charge in [0.05, 0.1) is 20.2 Å². The third kappa shape index (κ3) is 4.59. The average molecular weight is 436 g/mol. The molecule has 0 saturated carbocycles. The van der Waals surface area contributed by atoms with Gasteiger partial charge >= 0.3 is 6.03 Å². The molecule has 4 rings (SSSR count). The molecule has 0 aliphatic carbocycles. The molecule has 0 spiro atoms. The van der Waals surface area contributed by atoms with E-state index in [0.29, 0.717) is 17.2 Å². The molecule has 31 heavy (non-hydrogen) atoms. The molecular formula is C23H21N3O4S. The van der Waals surface area contributed by atoms with Gasteiger partial charge in [-0.25, -0.2) is 4.79 Å². The summed E-state index contributed by atoms with van der Waals surface area (Å²) in [6, 6.07) is 18.8. The van der Waals surface area contributed by atoms with E-state index in [1.807, 2.05) is 60.7 Å². The van der Waals surface area contributed by atoms with Crippen molar-refractivity contribution in [2.75, 3.05) is 13.7 Å². The van der Waals surface area contributed by atoms with Crippen molar-refractivity contribution in [2.45, 2.75) is 13.1 Å². The second-order valence-electron chi connectivity index (χ2n) is 7.01. The van der Waals surface area contributed by atoms with Gasteiger partial charge in [-0.1, -0.05) is 54.6 Å². The van der Waals surface area contributed by atoms with Gasteiger partial charge in [0, 0.05) is 11.4 Å². The summed E-state index contributed by atoms with van der Waals surface area (Å²) in [6.07, 6.45) is 0. The smallest absolute Gasteiger partial charge is 0.324 e. The van der Waals surface area contributed by atoms with Crippen LogP contribution in [0.4, 0.5) is 4.79 Å². The molecule has 3 aromatic rings. The largest absolute Gasteiger partial charge is 0.495 e. The molecule has 1 fully saturated rings. The summed E-state index contributed by atoms with van der Waals surface area (Å²) in [5.74, 6) is 0.110. The predicted molar refractivity (Wildman–Crippen MR) is 118 cm³/mol. The van der Waals surface area contributed by atoms with E-state index in [2.05, 4.69) is 10.6 Å². The lowest BCUT2D eigenvalue weighted by Gasteiger charge is -2.12. The first kappa shape index (κ1) is 20.6. The lowest BCUT2D eigenvalue weighted by Crippen LogP contribution is -2.30. The number of carbonyl (C=O) groups excluding carboxylic acids is 3. The average Bonchev–Trinajstić information content (AvgIpc) is 3.38. The maximum Gasteiger partial charge on any atom is 0.324 e. The Morgan fingerprint density at radius 3 is 2.45 bits per heavy atom. The van der Waals surface area contributed by atoms with Gasteiger partial charge in [-0.3, -0.25) is 14.5 Å². The monoisotopic (exact) mass is 435 g/mol. The Kier molecular flexibility index (Phi) is 5.99. The molecule has 4 amide bonds. The van der Waals surface area contributed by atoms with Crippen LogP contribution in [0.3, 0.4) is 0 Å². The summed E-state index contributed by atoms with van der Waals surface area (Å²) in [7, 11) is 1.55. The zero-order valence-electron chi connectivity index (χ0n) is 16.9. The second kappa shape index (κ2) is 9.01. The number of hydrogen-bond donors (Lipinski definition) is 2. The van der Waals surface area contributed by atoms with Crippen molar-refractivity contribution in [1.82, 2.24) is 15.5 Å². The fourth-order valence-corrected chi connectivity index (χ4v) is 4.30. The number of hydrogen-bond acceptors (Lipinski definition) is 5. The number of nitrogens with zero attached hydrogens (tertiary/aromatic N) is 1. The summed E-state index contributed by atoms with van der Waals surface area (Å²) in [6.45, 7) is 0.622. The highest BCUT2D eigenvalue weighted by Gasteiger charge is 2.28. The molecule has 1 saturated heterocycles. The van der Waals surface area contributed by atoms with Crippen LogP contribution in [0.2, 0.25) is 0 Å². The topological polar surface area (TPSA) is 87.7 Å². The number of benzene rings is 2. The number of thiophene rings is 1. The Hall–Kier alpha value is -3.65. The van der Waals surface area contributed by atoms with Crippen LogP contribution in [0.1, 0.15) is 20.8 Å². The maximum absolute atomic E-state index is 12.7. The van der Waals surface area contributed by atoms with Gasteiger partial charge in [-0.2, -0.15) is 0 Å². The number of imide groups is 1. The van der Waals surface area contributed by atoms with Crippen LogP contribution >= 0.6 is 11.3 Å². The first-order valence-corrected chi connectivity index (χ1v) is 10.5. The molecule has 0 radical (unpaired) electrons. The minimum absolute atomic E-state index is 0.0428. The molecule has 0 atom stereocenters. The Morgan fingerprint density at radius 1 is 1.10 bits per heavy atom. The summed E-state index contributed by atoms with van der Waals surface area (Å²) in [5, 5.41) is 5.43. The highest BCUT2D eigenvalue weighted by atomic mass is 32.1. The van der Waals surface area contributed by atoms with Gasteiger partial charge in [0.15, 0.2) is 0 Å². The molecule has 2 N–H and O–H groups in total. The Morgan fingerprint density at radius 2 is 1.81 bits per heavy atom. The number of amides is 4. The summed E-state index contributed by atoms with van der Waals surface area (Å²) < 4.78 is 5.40. The van der Waals surface area contributed by atoms with Crippen molar-refractivity contribution < 1.29 is 19.1 Å². The maximum atomic E-state index is 12.7. The number of nitrogens with one attached hydrogen (secondary N) is 2. The molecule has 2 heterocycles. The highest BCUT2D eigenvalue weighted by Crippen LogP contribution is 2.36. The normalized spacial score (nSPS) is 13.3. The molecule has 8 heteroatoms. The van der Waals surface area contributed by atoms with Gasteiger partial charge in [0.1, 0.15) is 10.6 Å². The van der Waals surface area contributed by atoms with E-state index in [0.717, 1.165) is 21.6 Å². The summed E-state index contributed by atoms with van der Waals surface area (Å²) in [4.78, 5) is 38.8. The Balaban J connectivity index is 1.39. The van der Waals surface area contributed by atoms with Gasteiger partial charge in [0.2, 0.25) is 5.91 Å². The van der Waals surface area contributed by atoms with Crippen LogP contribution in [0.25, 0.3) is 10.4 Å². The molecule has 1 aromatic heterocycles. The van der Waals surface area contributed by atoms with Crippen LogP contribution < -0.4 is 15.4 Å². The molecule has 0 unspecified atom stereocenters. The van der Waals surface area contributed by atoms with Crippen molar-refractivity contribution in [3.8, 4) is 16.2 Å². The second-order valence-corrected chi connectivity index (χ2v) is 8.06. The van der Waals surface area contributed by atoms with Gasteiger partial charge in [-0.05, 0) is 22.8 Å². The van der Waals surface area contributed by atoms with Crippen molar-refractivity contribution in [3.05, 3.63) is 76.7 Å². The Bertz CT molecular complexity index is 1090. The van der Waals surface area contributed by atoms with Crippen LogP contribution in [0, 0.1) is 0 Å². The van der Waals surface area contributed by atoms with E-state index < -0.39 is 0 Å². The minimum atomic E-state index is -0.374. The third-order valence-electron chi connectivity index (χ3n) is 4.94. The lowest BCUT2D eigenvalue weighted by atomic mass is 10.1. The molecule has 1 aliphatic heterocycles. The molecule has 1 aliphatic rings. The standard InChI is InChI=1S/C23H21N3O4S/c1-30-18-11-19(17-5-3-2-4-6-17)31-21(18)22(28)24-12-15-7-9-16(10-8-15)14-26-20(27)13-25-23(26)29/h2-11H,12-14H2,1H3,(H,24,28)(H,25,29). The van der Waals surface area contributed by atoms with Crippen molar-refractivity contribution in [1.29, 1.82) is 0 Å². The summed E-state index contributed by atoms with van der Waals surface area (Å²) >= 11 is 1.39. The fourth-order valence-electron chi connectivity index (χ4n) is 3.25. The van der Waals surface area contributed by atoms with E-state index >= 15 is 0 Å². The number of carbonyl (C=O) groups is 3. The number of methoxy groups -OCH3 is 1. The lowest BCUT2D eigenvalue weighted by molar-refractivity contribution is -0.125. The van der Waals surface area contributed by atoms with E-state index in [1.54, 1.807) is 7.11 Å². The van der Waals surface area contributed by atoms with Gasteiger partial charge in [0.25, 0.3) is 5.91 Å². The van der Waals surface area contributed by atoms with E-state index in [4.69, 9.17) is 4.74 Å². The van der Waals surface area contributed by atoms with Crippen LogP contribution in [0.15, 0.2) is 60.7 Å². The number of ether oxygens (including phenoxy) is 1. The van der Waals surface area contributed by atoms with E-state index in [9.17, 15) is 14.4 Å². The molecule has 7 nitrogen and oxygen atoms in total. The first-order chi connectivity index (χ1) is 15.0. The summed E-state index contributed by atoms with van der Waals surface area (Å²) in [5.41, 5.74) is 2.78. The van der Waals surface area contributed by atoms with Crippen molar-refractivity contribution >= 4 is 29.2 Å². The number of urea groups is 1. The van der Waals surface area contributed by atoms with Crippen LogP contribution in [-0.4, -0.2) is 36.4 Å². The van der Waals surface area contributed by atoms with E-state index in [-0.39, 0.29) is 30.9 Å². The minimum Gasteiger partial charge on any atom is -0.495 e. The molecule has 0 bridgehead atoms. The number of rotatable bonds is 7. The van der Waals surface area contributed by atoms with Gasteiger partial charge in [-0.15, -0.1) is 11.3 Å². The van der Waals surface area contributed by atoms with Crippen molar-refractivity contribution in [2.24, 2.45) is 0 Å². The fraction of sp³-hybridized carbons (Fsp3) is 0.174. The van der Waals surface area contributed by atoms with Crippen molar-refractivity contribution in [3.63, 3.8) is 0 Å². The first-order valence-electron chi connectivity index (χ1n) is 9.72. The van der Waals surface area contributed by atoms with Crippen LogP contribution in [0.5, 0.6) is 5.75 Å². The molecule has 2 aromatic carbocycles. The zero-order valence-corrected chi connectivity index (χ0v) is 17.7.